The summed E-state index contributed by atoms with van der Waals surface area (Å²) >= 11 is 0. The van der Waals surface area contributed by atoms with Crippen LogP contribution in [-0.4, -0.2) is 12.3 Å². The summed E-state index contributed by atoms with van der Waals surface area (Å²) in [6.45, 7) is 10.6. The molecule has 0 N–H and O–H groups in total. The van der Waals surface area contributed by atoms with Crippen LogP contribution in [0.15, 0.2) is 70.3 Å². The average molecular weight is 327 g/mol. The predicted molar refractivity (Wildman–Crippen MR) is 97.4 cm³/mol. The van der Waals surface area contributed by atoms with E-state index in [0.717, 1.165) is 34.1 Å². The molecule has 2 rings (SSSR count). The molecule has 1 aliphatic rings. The van der Waals surface area contributed by atoms with Gasteiger partial charge in [0.1, 0.15) is 11.6 Å². The van der Waals surface area contributed by atoms with Gasteiger partial charge in [-0.15, -0.1) is 0 Å². The van der Waals surface area contributed by atoms with Crippen molar-refractivity contribution in [2.75, 3.05) is 6.54 Å². The van der Waals surface area contributed by atoms with Crippen LogP contribution in [-0.2, 0) is 6.42 Å². The molecule has 0 spiro atoms. The number of nitrogens with zero attached hydrogens (tertiary/aromatic N) is 1. The zero-order chi connectivity index (χ0) is 17.7. The van der Waals surface area contributed by atoms with Gasteiger partial charge < -0.3 is 0 Å². The van der Waals surface area contributed by atoms with E-state index in [1.807, 2.05) is 13.0 Å². The third kappa shape index (κ3) is 4.16. The van der Waals surface area contributed by atoms with Gasteiger partial charge in [0.05, 0.1) is 6.54 Å². The number of benzene rings is 1. The minimum absolute atomic E-state index is 0.539. The second-order valence-corrected chi connectivity index (χ2v) is 5.92. The smallest absolute Gasteiger partial charge is 0.126 e. The molecule has 0 fully saturated rings. The second-order valence-electron chi connectivity index (χ2n) is 5.92. The molecule has 0 radical (unpaired) electrons. The molecule has 1 aromatic carbocycles. The Kier molecular flexibility index (Phi) is 6.02. The maximum absolute atomic E-state index is 13.4. The van der Waals surface area contributed by atoms with Gasteiger partial charge in [-0.25, -0.2) is 8.78 Å². The SMILES string of the molecule is C=CC1=C(/C(C)=C\C)C(CCc2cc(F)cc(F)c2)=NCC=C1C. The maximum atomic E-state index is 13.4. The Morgan fingerprint density at radius 3 is 2.46 bits per heavy atom. The van der Waals surface area contributed by atoms with Gasteiger partial charge in [-0.1, -0.05) is 24.8 Å². The number of hydrogen-bond donors (Lipinski definition) is 0. The summed E-state index contributed by atoms with van der Waals surface area (Å²) in [6.07, 6.45) is 7.15. The van der Waals surface area contributed by atoms with Crippen molar-refractivity contribution in [1.82, 2.24) is 0 Å². The van der Waals surface area contributed by atoms with Crippen LogP contribution in [0.3, 0.4) is 0 Å². The summed E-state index contributed by atoms with van der Waals surface area (Å²) in [6, 6.07) is 3.65. The molecule has 1 nitrogen and oxygen atoms in total. The maximum Gasteiger partial charge on any atom is 0.126 e. The van der Waals surface area contributed by atoms with E-state index in [1.165, 1.54) is 12.1 Å². The van der Waals surface area contributed by atoms with E-state index in [-0.39, 0.29) is 0 Å². The highest BCUT2D eigenvalue weighted by atomic mass is 19.1. The van der Waals surface area contributed by atoms with Crippen LogP contribution in [0.25, 0.3) is 0 Å². The van der Waals surface area contributed by atoms with Gasteiger partial charge in [-0.05, 0) is 68.0 Å². The fourth-order valence-electron chi connectivity index (χ4n) is 2.90. The van der Waals surface area contributed by atoms with Crippen LogP contribution >= 0.6 is 0 Å². The van der Waals surface area contributed by atoms with Crippen LogP contribution < -0.4 is 0 Å². The Balaban J connectivity index is 2.35. The van der Waals surface area contributed by atoms with Crippen LogP contribution in [0.5, 0.6) is 0 Å². The molecule has 0 saturated carbocycles. The van der Waals surface area contributed by atoms with Crippen LogP contribution in [0.4, 0.5) is 8.78 Å². The summed E-state index contributed by atoms with van der Waals surface area (Å²) in [5.41, 5.74) is 6.03. The zero-order valence-corrected chi connectivity index (χ0v) is 14.5. The van der Waals surface area contributed by atoms with Gasteiger partial charge >= 0.3 is 0 Å². The van der Waals surface area contributed by atoms with E-state index in [1.54, 1.807) is 0 Å². The van der Waals surface area contributed by atoms with E-state index in [2.05, 4.69) is 37.6 Å². The molecule has 0 aromatic heterocycles. The summed E-state index contributed by atoms with van der Waals surface area (Å²) in [4.78, 5) is 4.69. The molecule has 0 amide bonds. The molecule has 1 aromatic rings. The predicted octanol–water partition coefficient (Wildman–Crippen LogP) is 5.75. The molecule has 1 aliphatic heterocycles. The Morgan fingerprint density at radius 2 is 1.88 bits per heavy atom. The molecule has 126 valence electrons. The first-order valence-electron chi connectivity index (χ1n) is 8.12. The summed E-state index contributed by atoms with van der Waals surface area (Å²) in [5, 5.41) is 0. The van der Waals surface area contributed by atoms with Crippen molar-refractivity contribution in [2.24, 2.45) is 4.99 Å². The van der Waals surface area contributed by atoms with Gasteiger partial charge in [0, 0.05) is 17.4 Å². The number of allylic oxidation sites excluding steroid dienone is 6. The molecular weight excluding hydrogens is 304 g/mol. The van der Waals surface area contributed by atoms with Gasteiger partial charge in [0.2, 0.25) is 0 Å². The monoisotopic (exact) mass is 327 g/mol. The van der Waals surface area contributed by atoms with Crippen LogP contribution in [0, 0.1) is 11.6 Å². The average Bonchev–Trinajstić information content (AvgIpc) is 2.69. The molecule has 0 aliphatic carbocycles. The standard InChI is InChI=1S/C21H23F2N/c1-5-14(3)21-19(6-2)15(4)9-10-24-20(21)8-7-16-11-17(22)13-18(23)12-16/h5-6,9,11-13H,2,7-8,10H2,1,3-4H3/b14-5-. The highest BCUT2D eigenvalue weighted by Gasteiger charge is 2.17. The third-order valence-electron chi connectivity index (χ3n) is 4.27. The lowest BCUT2D eigenvalue weighted by Crippen LogP contribution is -2.09. The van der Waals surface area contributed by atoms with Crippen molar-refractivity contribution in [2.45, 2.75) is 33.6 Å². The fraction of sp³-hybridized carbons (Fsp3) is 0.286. The van der Waals surface area contributed by atoms with Crippen LogP contribution in [0.1, 0.15) is 32.8 Å². The van der Waals surface area contributed by atoms with E-state index >= 15 is 0 Å². The summed E-state index contributed by atoms with van der Waals surface area (Å²) in [5.74, 6) is -1.09. The van der Waals surface area contributed by atoms with Crippen LogP contribution in [0.2, 0.25) is 0 Å². The molecule has 0 bridgehead atoms. The van der Waals surface area contributed by atoms with Crippen molar-refractivity contribution < 1.29 is 8.78 Å². The molecule has 24 heavy (non-hydrogen) atoms. The Hall–Kier alpha value is -2.29. The first-order valence-corrected chi connectivity index (χ1v) is 8.12. The zero-order valence-electron chi connectivity index (χ0n) is 14.5. The lowest BCUT2D eigenvalue weighted by atomic mass is 9.90. The molecular formula is C21H23F2N. The van der Waals surface area contributed by atoms with Crippen molar-refractivity contribution in [3.05, 3.63) is 82.5 Å². The highest BCUT2D eigenvalue weighted by molar-refractivity contribution is 6.06. The Bertz CT molecular complexity index is 744. The number of rotatable bonds is 5. The van der Waals surface area contributed by atoms with Gasteiger partial charge in [-0.3, -0.25) is 4.99 Å². The highest BCUT2D eigenvalue weighted by Crippen LogP contribution is 2.27. The second kappa shape index (κ2) is 8.00. The topological polar surface area (TPSA) is 12.4 Å². The number of aryl methyl sites for hydroxylation is 1. The molecule has 0 saturated heterocycles. The lowest BCUT2D eigenvalue weighted by Gasteiger charge is -2.15. The molecule has 0 atom stereocenters. The van der Waals surface area contributed by atoms with Crippen molar-refractivity contribution >= 4 is 5.71 Å². The van der Waals surface area contributed by atoms with E-state index in [4.69, 9.17) is 0 Å². The van der Waals surface area contributed by atoms with Gasteiger partial charge in [-0.2, -0.15) is 0 Å². The largest absolute Gasteiger partial charge is 0.285 e. The first-order chi connectivity index (χ1) is 11.5. The van der Waals surface area contributed by atoms with E-state index < -0.39 is 11.6 Å². The van der Waals surface area contributed by atoms with E-state index in [0.29, 0.717) is 24.9 Å². The number of aliphatic imine (C=N–C) groups is 1. The summed E-state index contributed by atoms with van der Waals surface area (Å²) in [7, 11) is 0. The minimum Gasteiger partial charge on any atom is -0.285 e. The normalized spacial score (nSPS) is 15.8. The van der Waals surface area contributed by atoms with Crippen molar-refractivity contribution in [3.63, 3.8) is 0 Å². The number of halogens is 2. The van der Waals surface area contributed by atoms with Crippen molar-refractivity contribution in [1.29, 1.82) is 0 Å². The van der Waals surface area contributed by atoms with Gasteiger partial charge in [0.25, 0.3) is 0 Å². The first kappa shape index (κ1) is 18.1. The molecule has 1 heterocycles. The lowest BCUT2D eigenvalue weighted by molar-refractivity contribution is 0.579. The minimum atomic E-state index is -0.544. The fourth-order valence-corrected chi connectivity index (χ4v) is 2.90. The van der Waals surface area contributed by atoms with Gasteiger partial charge in [0.15, 0.2) is 0 Å². The Labute approximate surface area is 142 Å². The van der Waals surface area contributed by atoms with Crippen molar-refractivity contribution in [3.8, 4) is 0 Å². The number of hydrogen-bond acceptors (Lipinski definition) is 1. The van der Waals surface area contributed by atoms with E-state index in [9.17, 15) is 8.78 Å². The summed E-state index contributed by atoms with van der Waals surface area (Å²) < 4.78 is 26.8. The molecule has 3 heteroatoms. The Morgan fingerprint density at radius 1 is 1.21 bits per heavy atom. The molecule has 0 unspecified atom stereocenters. The quantitative estimate of drug-likeness (QED) is 0.653. The third-order valence-corrected chi connectivity index (χ3v) is 4.27.